The number of nitrogens with zero attached hydrogens (tertiary/aromatic N) is 5. The number of benzene rings is 1. The summed E-state index contributed by atoms with van der Waals surface area (Å²) < 4.78 is 22.6. The molecule has 2 heterocycles. The predicted molar refractivity (Wildman–Crippen MR) is 124 cm³/mol. The summed E-state index contributed by atoms with van der Waals surface area (Å²) in [6.07, 6.45) is 3.57. The van der Waals surface area contributed by atoms with Gasteiger partial charge in [-0.2, -0.15) is 10.2 Å². The topological polar surface area (TPSA) is 136 Å². The maximum atomic E-state index is 12.8. The predicted octanol–water partition coefficient (Wildman–Crippen LogP) is 1.99. The summed E-state index contributed by atoms with van der Waals surface area (Å²) in [5, 5.41) is 12.5. The molecule has 3 rings (SSSR count). The highest BCUT2D eigenvalue weighted by atomic mass is 32.2. The Labute approximate surface area is 193 Å². The smallest absolute Gasteiger partial charge is 0.253 e. The fourth-order valence-corrected chi connectivity index (χ4v) is 4.11. The Kier molecular flexibility index (Phi) is 6.98. The first-order valence-corrected chi connectivity index (χ1v) is 12.5. The van der Waals surface area contributed by atoms with Crippen LogP contribution in [0.25, 0.3) is 0 Å². The maximum Gasteiger partial charge on any atom is 0.253 e. The molecule has 0 saturated carbocycles. The first kappa shape index (κ1) is 24.1. The summed E-state index contributed by atoms with van der Waals surface area (Å²) >= 11 is 0. The first-order valence-electron chi connectivity index (χ1n) is 10.4. The van der Waals surface area contributed by atoms with Crippen molar-refractivity contribution in [3.05, 3.63) is 42.1 Å². The molecule has 33 heavy (non-hydrogen) atoms. The molecule has 174 valence electrons. The lowest BCUT2D eigenvalue weighted by molar-refractivity contribution is -0.123. The Balaban J connectivity index is 1.68. The highest BCUT2D eigenvalue weighted by Gasteiger charge is 2.46. The Morgan fingerprint density at radius 3 is 2.58 bits per heavy atom. The van der Waals surface area contributed by atoms with Crippen LogP contribution in [0, 0.1) is 16.7 Å². The summed E-state index contributed by atoms with van der Waals surface area (Å²) in [7, 11) is -1.60. The molecule has 2 aromatic rings. The van der Waals surface area contributed by atoms with E-state index in [4.69, 9.17) is 0 Å². The van der Waals surface area contributed by atoms with Crippen LogP contribution in [0.5, 0.6) is 0 Å². The maximum absolute atomic E-state index is 12.8. The van der Waals surface area contributed by atoms with E-state index in [1.165, 1.54) is 16.0 Å². The van der Waals surface area contributed by atoms with E-state index in [0.717, 1.165) is 6.26 Å². The lowest BCUT2D eigenvalue weighted by Crippen LogP contribution is -2.33. The number of rotatable bonds is 8. The molecular weight excluding hydrogens is 444 g/mol. The van der Waals surface area contributed by atoms with Gasteiger partial charge in [0, 0.05) is 43.8 Å². The van der Waals surface area contributed by atoms with Crippen molar-refractivity contribution < 1.29 is 18.0 Å². The first-order chi connectivity index (χ1) is 15.6. The number of hydrogen-bond acceptors (Lipinski definition) is 8. The number of nitriles is 1. The Hall–Kier alpha value is -3.52. The number of nitrogens with one attached hydrogen (secondary N) is 1. The van der Waals surface area contributed by atoms with Gasteiger partial charge in [0.15, 0.2) is 0 Å². The van der Waals surface area contributed by atoms with E-state index in [1.54, 1.807) is 37.4 Å². The minimum Gasteiger partial charge on any atom is -0.341 e. The molecule has 10 nitrogen and oxygen atoms in total. The van der Waals surface area contributed by atoms with E-state index >= 15 is 0 Å². The zero-order chi connectivity index (χ0) is 24.2. The van der Waals surface area contributed by atoms with Gasteiger partial charge in [-0.1, -0.05) is 6.92 Å². The van der Waals surface area contributed by atoms with Crippen molar-refractivity contribution >= 4 is 39.1 Å². The van der Waals surface area contributed by atoms with Crippen molar-refractivity contribution in [3.8, 4) is 6.07 Å². The highest BCUT2D eigenvalue weighted by molar-refractivity contribution is 7.90. The van der Waals surface area contributed by atoms with Gasteiger partial charge in [0.25, 0.3) is 5.91 Å². The molecule has 1 fully saturated rings. The number of amides is 2. The van der Waals surface area contributed by atoms with Crippen molar-refractivity contribution in [1.82, 2.24) is 14.9 Å². The van der Waals surface area contributed by atoms with Crippen molar-refractivity contribution in [3.63, 3.8) is 0 Å². The number of hydrogen-bond donors (Lipinski definition) is 1. The molecular formula is C22H26N6O4S. The van der Waals surface area contributed by atoms with Crippen LogP contribution >= 0.6 is 0 Å². The van der Waals surface area contributed by atoms with Crippen LogP contribution in [0.1, 0.15) is 30.1 Å². The molecule has 1 atom stereocenters. The molecule has 0 radical (unpaired) electrons. The number of aromatic nitrogens is 2. The fourth-order valence-electron chi connectivity index (χ4n) is 3.51. The van der Waals surface area contributed by atoms with Gasteiger partial charge in [-0.25, -0.2) is 13.4 Å². The average molecular weight is 471 g/mol. The number of anilines is 3. The van der Waals surface area contributed by atoms with E-state index in [1.807, 2.05) is 6.92 Å². The SMILES string of the molecule is CC[C@]1(C#N)CCN(c2ccnc(Nc3ccc(C(=O)N(C)CCS(C)(=O)=O)cc3)n2)C1=O. The monoisotopic (exact) mass is 470 g/mol. The summed E-state index contributed by atoms with van der Waals surface area (Å²) in [6, 6.07) is 10.4. The molecule has 1 saturated heterocycles. The van der Waals surface area contributed by atoms with Crippen molar-refractivity contribution in [1.29, 1.82) is 5.26 Å². The molecule has 0 unspecified atom stereocenters. The molecule has 1 aromatic heterocycles. The van der Waals surface area contributed by atoms with Crippen molar-refractivity contribution in [2.75, 3.05) is 42.4 Å². The van der Waals surface area contributed by atoms with Crippen molar-refractivity contribution in [2.45, 2.75) is 19.8 Å². The molecule has 0 aliphatic carbocycles. The standard InChI is InChI=1S/C22H26N6O4S/c1-4-22(15-23)10-12-28(20(22)30)18-9-11-24-21(26-18)25-17-7-5-16(6-8-17)19(29)27(2)13-14-33(3,31)32/h5-9,11H,4,10,12-14H2,1-3H3,(H,24,25,26)/t22-/m1/s1. The molecule has 0 bridgehead atoms. The van der Waals surface area contributed by atoms with Crippen LogP contribution in [0.2, 0.25) is 0 Å². The van der Waals surface area contributed by atoms with E-state index in [9.17, 15) is 23.3 Å². The molecule has 1 aliphatic rings. The summed E-state index contributed by atoms with van der Waals surface area (Å²) in [4.78, 5) is 36.7. The van der Waals surface area contributed by atoms with Gasteiger partial charge in [-0.05, 0) is 43.2 Å². The average Bonchev–Trinajstić information content (AvgIpc) is 3.13. The van der Waals surface area contributed by atoms with Gasteiger partial charge in [-0.3, -0.25) is 14.5 Å². The van der Waals surface area contributed by atoms with Gasteiger partial charge in [-0.15, -0.1) is 0 Å². The Morgan fingerprint density at radius 2 is 2.00 bits per heavy atom. The largest absolute Gasteiger partial charge is 0.341 e. The molecule has 1 aromatic carbocycles. The van der Waals surface area contributed by atoms with Gasteiger partial charge in [0.1, 0.15) is 21.1 Å². The number of sulfone groups is 1. The lowest BCUT2D eigenvalue weighted by atomic mass is 9.85. The second-order valence-corrected chi connectivity index (χ2v) is 10.3. The second-order valence-electron chi connectivity index (χ2n) is 8.05. The minimum atomic E-state index is -3.16. The van der Waals surface area contributed by atoms with E-state index in [-0.39, 0.29) is 30.1 Å². The van der Waals surface area contributed by atoms with Crippen LogP contribution in [0.15, 0.2) is 36.5 Å². The van der Waals surface area contributed by atoms with E-state index < -0.39 is 15.3 Å². The fraction of sp³-hybridized carbons (Fsp3) is 0.409. The quantitative estimate of drug-likeness (QED) is 0.618. The van der Waals surface area contributed by atoms with Gasteiger partial charge in [0.05, 0.1) is 11.8 Å². The van der Waals surface area contributed by atoms with Crippen LogP contribution < -0.4 is 10.2 Å². The van der Waals surface area contributed by atoms with Gasteiger partial charge in [0.2, 0.25) is 11.9 Å². The number of carbonyl (C=O) groups excluding carboxylic acids is 2. The summed E-state index contributed by atoms with van der Waals surface area (Å²) in [5.74, 6) is 0.0569. The van der Waals surface area contributed by atoms with E-state index in [0.29, 0.717) is 36.5 Å². The highest BCUT2D eigenvalue weighted by Crippen LogP contribution is 2.36. The lowest BCUT2D eigenvalue weighted by Gasteiger charge is -2.19. The third kappa shape index (κ3) is 5.46. The Bertz CT molecular complexity index is 1190. The van der Waals surface area contributed by atoms with Gasteiger partial charge < -0.3 is 10.2 Å². The van der Waals surface area contributed by atoms with Crippen LogP contribution in [-0.4, -0.2) is 67.2 Å². The third-order valence-electron chi connectivity index (χ3n) is 5.68. The summed E-state index contributed by atoms with van der Waals surface area (Å²) in [6.45, 7) is 2.36. The van der Waals surface area contributed by atoms with E-state index in [2.05, 4.69) is 21.4 Å². The third-order valence-corrected chi connectivity index (χ3v) is 6.61. The molecule has 0 spiro atoms. The second kappa shape index (κ2) is 9.54. The van der Waals surface area contributed by atoms with Crippen LogP contribution in [0.4, 0.5) is 17.5 Å². The normalized spacial score (nSPS) is 18.1. The molecule has 11 heteroatoms. The van der Waals surface area contributed by atoms with Gasteiger partial charge >= 0.3 is 0 Å². The minimum absolute atomic E-state index is 0.101. The summed E-state index contributed by atoms with van der Waals surface area (Å²) in [5.41, 5.74) is 0.0477. The van der Waals surface area contributed by atoms with Crippen LogP contribution in [-0.2, 0) is 14.6 Å². The zero-order valence-corrected chi connectivity index (χ0v) is 19.6. The Morgan fingerprint density at radius 1 is 1.30 bits per heavy atom. The van der Waals surface area contributed by atoms with Crippen LogP contribution in [0.3, 0.4) is 0 Å². The molecule has 1 aliphatic heterocycles. The van der Waals surface area contributed by atoms with Crippen molar-refractivity contribution in [2.24, 2.45) is 5.41 Å². The number of carbonyl (C=O) groups is 2. The molecule has 2 amide bonds. The zero-order valence-electron chi connectivity index (χ0n) is 18.8. The molecule has 1 N–H and O–H groups in total.